The summed E-state index contributed by atoms with van der Waals surface area (Å²) in [6, 6.07) is 2.02. The molecule has 0 N–H and O–H groups in total. The van der Waals surface area contributed by atoms with Crippen molar-refractivity contribution in [1.29, 1.82) is 0 Å². The molecule has 0 aromatic carbocycles. The molecule has 0 atom stereocenters. The van der Waals surface area contributed by atoms with Crippen LogP contribution in [0.1, 0.15) is 5.56 Å². The molecule has 68 valence electrons. The fourth-order valence-corrected chi connectivity index (χ4v) is 3.02. The van der Waals surface area contributed by atoms with Crippen LogP contribution >= 0.6 is 47.8 Å². The Bertz CT molecular complexity index is 450. The summed E-state index contributed by atoms with van der Waals surface area (Å²) in [6.45, 7) is 0. The molecule has 2 aromatic rings. The molecule has 13 heavy (non-hydrogen) atoms. The van der Waals surface area contributed by atoms with E-state index >= 15 is 0 Å². The number of halogens is 3. The highest BCUT2D eigenvalue weighted by Gasteiger charge is 2.07. The van der Waals surface area contributed by atoms with Gasteiger partial charge in [-0.15, -0.1) is 0 Å². The van der Waals surface area contributed by atoms with E-state index in [9.17, 15) is 0 Å². The molecule has 0 aliphatic heterocycles. The molecule has 0 saturated carbocycles. The monoisotopic (exact) mass is 366 g/mol. The smallest absolute Gasteiger partial charge is 0.0844 e. The number of hydrogen-bond donors (Lipinski definition) is 0. The van der Waals surface area contributed by atoms with E-state index in [1.807, 2.05) is 23.0 Å². The number of nitrogens with zero attached hydrogens (tertiary/aromatic N) is 2. The van der Waals surface area contributed by atoms with Gasteiger partial charge in [0.25, 0.3) is 0 Å². The van der Waals surface area contributed by atoms with E-state index in [4.69, 9.17) is 0 Å². The standard InChI is InChI=1S/C8H5Br3N2/c9-2-5-3-12-13-4-6(10)1-7(11)8(5)13/h1,3-4H,2H2. The van der Waals surface area contributed by atoms with Crippen LogP contribution in [0.3, 0.4) is 0 Å². The van der Waals surface area contributed by atoms with Crippen LogP contribution in [0, 0.1) is 0 Å². The van der Waals surface area contributed by atoms with E-state index in [-0.39, 0.29) is 0 Å². The molecule has 2 nitrogen and oxygen atoms in total. The lowest BCUT2D eigenvalue weighted by molar-refractivity contribution is 0.953. The van der Waals surface area contributed by atoms with E-state index in [1.54, 1.807) is 0 Å². The Morgan fingerprint density at radius 2 is 2.15 bits per heavy atom. The summed E-state index contributed by atoms with van der Waals surface area (Å²) in [5.74, 6) is 0. The van der Waals surface area contributed by atoms with Crippen LogP contribution in [0.15, 0.2) is 27.4 Å². The van der Waals surface area contributed by atoms with Gasteiger partial charge in [-0.2, -0.15) is 5.10 Å². The molecule has 0 amide bonds. The van der Waals surface area contributed by atoms with Crippen LogP contribution in [0.2, 0.25) is 0 Å². The van der Waals surface area contributed by atoms with Gasteiger partial charge in [0.2, 0.25) is 0 Å². The number of alkyl halides is 1. The molecule has 2 aromatic heterocycles. The molecule has 0 aliphatic carbocycles. The number of hydrogen-bond acceptors (Lipinski definition) is 1. The molecular weight excluding hydrogens is 364 g/mol. The minimum atomic E-state index is 0.816. The lowest BCUT2D eigenvalue weighted by Crippen LogP contribution is -1.87. The van der Waals surface area contributed by atoms with Gasteiger partial charge < -0.3 is 0 Å². The first-order chi connectivity index (χ1) is 6.22. The fourth-order valence-electron chi connectivity index (χ4n) is 1.20. The molecule has 0 radical (unpaired) electrons. The normalized spacial score (nSPS) is 11.0. The summed E-state index contributed by atoms with van der Waals surface area (Å²) < 4.78 is 3.91. The van der Waals surface area contributed by atoms with Crippen molar-refractivity contribution < 1.29 is 0 Å². The summed E-state index contributed by atoms with van der Waals surface area (Å²) in [4.78, 5) is 0. The molecule has 0 aliphatic rings. The SMILES string of the molecule is BrCc1cnn2cc(Br)cc(Br)c12. The van der Waals surface area contributed by atoms with E-state index in [0.29, 0.717) is 0 Å². The molecule has 0 fully saturated rings. The van der Waals surface area contributed by atoms with Crippen molar-refractivity contribution in [1.82, 2.24) is 9.61 Å². The predicted molar refractivity (Wildman–Crippen MR) is 63.2 cm³/mol. The Morgan fingerprint density at radius 1 is 1.38 bits per heavy atom. The van der Waals surface area contributed by atoms with Crippen LogP contribution < -0.4 is 0 Å². The number of pyridine rings is 1. The number of aromatic nitrogens is 2. The van der Waals surface area contributed by atoms with Crippen molar-refractivity contribution in [2.45, 2.75) is 5.33 Å². The first kappa shape index (κ1) is 9.68. The van der Waals surface area contributed by atoms with Crippen molar-refractivity contribution >= 4 is 53.3 Å². The Hall–Kier alpha value is 0.130. The Morgan fingerprint density at radius 3 is 2.85 bits per heavy atom. The minimum Gasteiger partial charge on any atom is -0.238 e. The molecule has 2 heterocycles. The van der Waals surface area contributed by atoms with Gasteiger partial charge in [-0.25, -0.2) is 4.52 Å². The molecule has 5 heteroatoms. The highest BCUT2D eigenvalue weighted by atomic mass is 79.9. The molecular formula is C8H5Br3N2. The second-order valence-corrected chi connectivity index (χ2v) is 4.93. The van der Waals surface area contributed by atoms with Crippen molar-refractivity contribution in [2.75, 3.05) is 0 Å². The molecule has 2 rings (SSSR count). The molecule has 0 saturated heterocycles. The minimum absolute atomic E-state index is 0.816. The summed E-state index contributed by atoms with van der Waals surface area (Å²) in [5, 5.41) is 5.05. The van der Waals surface area contributed by atoms with Gasteiger partial charge >= 0.3 is 0 Å². The first-order valence-corrected chi connectivity index (χ1v) is 6.30. The van der Waals surface area contributed by atoms with Gasteiger partial charge in [-0.1, -0.05) is 15.9 Å². The number of rotatable bonds is 1. The maximum atomic E-state index is 4.24. The van der Waals surface area contributed by atoms with Crippen LogP contribution in [-0.2, 0) is 5.33 Å². The summed E-state index contributed by atoms with van der Waals surface area (Å²) >= 11 is 10.3. The molecule has 0 unspecified atom stereocenters. The Kier molecular flexibility index (Phi) is 2.76. The van der Waals surface area contributed by atoms with E-state index in [0.717, 1.165) is 19.8 Å². The fraction of sp³-hybridized carbons (Fsp3) is 0.125. The lowest BCUT2D eigenvalue weighted by Gasteiger charge is -1.99. The van der Waals surface area contributed by atoms with Gasteiger partial charge in [0.1, 0.15) is 0 Å². The van der Waals surface area contributed by atoms with Gasteiger partial charge in [0.05, 0.1) is 11.7 Å². The Balaban J connectivity index is 2.82. The summed E-state index contributed by atoms with van der Waals surface area (Å²) in [7, 11) is 0. The maximum Gasteiger partial charge on any atom is 0.0844 e. The van der Waals surface area contributed by atoms with Gasteiger partial charge in [0, 0.05) is 26.0 Å². The van der Waals surface area contributed by atoms with E-state index in [1.165, 1.54) is 5.56 Å². The highest BCUT2D eigenvalue weighted by molar-refractivity contribution is 9.11. The van der Waals surface area contributed by atoms with Crippen molar-refractivity contribution in [3.63, 3.8) is 0 Å². The second-order valence-electron chi connectivity index (χ2n) is 2.60. The maximum absolute atomic E-state index is 4.24. The summed E-state index contributed by atoms with van der Waals surface area (Å²) in [5.41, 5.74) is 2.29. The van der Waals surface area contributed by atoms with Crippen LogP contribution in [-0.4, -0.2) is 9.61 Å². The average Bonchev–Trinajstić information content (AvgIpc) is 2.47. The van der Waals surface area contributed by atoms with E-state index in [2.05, 4.69) is 52.9 Å². The Labute approximate surface area is 101 Å². The van der Waals surface area contributed by atoms with Gasteiger partial charge in [-0.3, -0.25) is 0 Å². The average molecular weight is 369 g/mol. The quantitative estimate of drug-likeness (QED) is 0.701. The molecule has 0 bridgehead atoms. The van der Waals surface area contributed by atoms with E-state index < -0.39 is 0 Å². The van der Waals surface area contributed by atoms with Crippen molar-refractivity contribution in [3.8, 4) is 0 Å². The first-order valence-electron chi connectivity index (χ1n) is 3.59. The zero-order valence-corrected chi connectivity index (χ0v) is 11.2. The third-order valence-electron chi connectivity index (χ3n) is 1.75. The third-order valence-corrected chi connectivity index (χ3v) is 3.39. The zero-order valence-electron chi connectivity index (χ0n) is 6.47. The van der Waals surface area contributed by atoms with Crippen LogP contribution in [0.4, 0.5) is 0 Å². The van der Waals surface area contributed by atoms with Crippen molar-refractivity contribution in [3.05, 3.63) is 33.0 Å². The lowest BCUT2D eigenvalue weighted by atomic mass is 10.3. The number of fused-ring (bicyclic) bond motifs is 1. The van der Waals surface area contributed by atoms with Gasteiger partial charge in [-0.05, 0) is 37.9 Å². The topological polar surface area (TPSA) is 17.3 Å². The van der Waals surface area contributed by atoms with Gasteiger partial charge in [0.15, 0.2) is 0 Å². The molecule has 0 spiro atoms. The third kappa shape index (κ3) is 1.69. The van der Waals surface area contributed by atoms with Crippen LogP contribution in [0.5, 0.6) is 0 Å². The zero-order chi connectivity index (χ0) is 9.42. The summed E-state index contributed by atoms with van der Waals surface area (Å²) in [6.07, 6.45) is 3.80. The largest absolute Gasteiger partial charge is 0.238 e. The van der Waals surface area contributed by atoms with Crippen LogP contribution in [0.25, 0.3) is 5.52 Å². The second kappa shape index (κ2) is 3.71. The predicted octanol–water partition coefficient (Wildman–Crippen LogP) is 3.75. The van der Waals surface area contributed by atoms with Crippen molar-refractivity contribution in [2.24, 2.45) is 0 Å². The highest BCUT2D eigenvalue weighted by Crippen LogP contribution is 2.26.